The molecule has 1 rings (SSSR count). The Labute approximate surface area is 136 Å². The molecule has 0 aromatic heterocycles. The van der Waals surface area contributed by atoms with Gasteiger partial charge in [0.15, 0.2) is 0 Å². The zero-order valence-electron chi connectivity index (χ0n) is 14.5. The van der Waals surface area contributed by atoms with E-state index >= 15 is 0 Å². The van der Waals surface area contributed by atoms with Crippen LogP contribution in [0, 0.1) is 0 Å². The summed E-state index contributed by atoms with van der Waals surface area (Å²) in [7, 11) is 0. The number of rotatable bonds is 12. The normalized spacial score (nSPS) is 10.6. The summed E-state index contributed by atoms with van der Waals surface area (Å²) >= 11 is 0. The Bertz CT molecular complexity index is 397. The van der Waals surface area contributed by atoms with E-state index in [1.165, 1.54) is 50.5 Å². The van der Waals surface area contributed by atoms with Gasteiger partial charge in [0.1, 0.15) is 0 Å². The van der Waals surface area contributed by atoms with Crippen LogP contribution in [0.4, 0.5) is 5.69 Å². The van der Waals surface area contributed by atoms with Crippen molar-refractivity contribution in [3.63, 3.8) is 0 Å². The van der Waals surface area contributed by atoms with Gasteiger partial charge in [-0.05, 0) is 37.0 Å². The molecule has 0 atom stereocenters. The van der Waals surface area contributed by atoms with Crippen LogP contribution in [0.1, 0.15) is 83.6 Å². The summed E-state index contributed by atoms with van der Waals surface area (Å²) in [5.41, 5.74) is 2.30. The highest BCUT2D eigenvalue weighted by Crippen LogP contribution is 2.14. The maximum Gasteiger partial charge on any atom is 0.224 e. The molecule has 0 aliphatic carbocycles. The van der Waals surface area contributed by atoms with E-state index < -0.39 is 0 Å². The average Bonchev–Trinajstić information content (AvgIpc) is 2.53. The molecule has 0 aliphatic rings. The lowest BCUT2D eigenvalue weighted by Gasteiger charge is -2.07. The minimum Gasteiger partial charge on any atom is -0.326 e. The number of carbonyl (C=O) groups excluding carboxylic acids is 1. The van der Waals surface area contributed by atoms with E-state index in [0.29, 0.717) is 6.42 Å². The number of amides is 1. The lowest BCUT2D eigenvalue weighted by molar-refractivity contribution is -0.116. The van der Waals surface area contributed by atoms with Crippen molar-refractivity contribution in [1.82, 2.24) is 0 Å². The molecule has 0 fully saturated rings. The highest BCUT2D eigenvalue weighted by molar-refractivity contribution is 5.90. The minimum atomic E-state index is 0.142. The number of nitrogens with one attached hydrogen (secondary N) is 1. The summed E-state index contributed by atoms with van der Waals surface area (Å²) in [5, 5.41) is 2.99. The van der Waals surface area contributed by atoms with Crippen molar-refractivity contribution in [3.05, 3.63) is 29.8 Å². The van der Waals surface area contributed by atoms with Crippen molar-refractivity contribution in [2.24, 2.45) is 0 Å². The van der Waals surface area contributed by atoms with Gasteiger partial charge in [0.2, 0.25) is 5.91 Å². The van der Waals surface area contributed by atoms with Gasteiger partial charge >= 0.3 is 0 Å². The van der Waals surface area contributed by atoms with Gasteiger partial charge in [-0.2, -0.15) is 0 Å². The zero-order valence-corrected chi connectivity index (χ0v) is 14.5. The highest BCUT2D eigenvalue weighted by atomic mass is 16.1. The number of benzene rings is 1. The van der Waals surface area contributed by atoms with Gasteiger partial charge in [0.25, 0.3) is 0 Å². The number of carbonyl (C=O) groups is 1. The van der Waals surface area contributed by atoms with Crippen molar-refractivity contribution < 1.29 is 4.79 Å². The van der Waals surface area contributed by atoms with Crippen molar-refractivity contribution in [2.45, 2.75) is 84.5 Å². The minimum absolute atomic E-state index is 0.142. The molecular formula is C20H33NO. The second kappa shape index (κ2) is 12.3. The van der Waals surface area contributed by atoms with E-state index in [2.05, 4.69) is 31.3 Å². The van der Waals surface area contributed by atoms with E-state index in [-0.39, 0.29) is 5.91 Å². The molecule has 0 saturated heterocycles. The van der Waals surface area contributed by atoms with Crippen LogP contribution in [0.5, 0.6) is 0 Å². The first-order chi connectivity index (χ1) is 10.8. The SMILES string of the molecule is CCCCCCCc1ccc(NC(=O)CCCCCC)cc1. The third-order valence-electron chi connectivity index (χ3n) is 4.06. The molecule has 2 nitrogen and oxygen atoms in total. The van der Waals surface area contributed by atoms with Gasteiger partial charge in [0.05, 0.1) is 0 Å². The molecule has 0 heterocycles. The van der Waals surface area contributed by atoms with Crippen molar-refractivity contribution in [1.29, 1.82) is 0 Å². The first kappa shape index (κ1) is 18.7. The van der Waals surface area contributed by atoms with E-state index in [9.17, 15) is 4.79 Å². The molecule has 0 bridgehead atoms. The molecule has 1 N–H and O–H groups in total. The first-order valence-corrected chi connectivity index (χ1v) is 9.15. The molecule has 124 valence electrons. The standard InChI is InChI=1S/C20H33NO/c1-3-5-7-9-10-12-18-14-16-19(17-15-18)21-20(22)13-11-8-6-4-2/h14-17H,3-13H2,1-2H3,(H,21,22). The van der Waals surface area contributed by atoms with Crippen LogP contribution in [0.2, 0.25) is 0 Å². The molecule has 1 aromatic carbocycles. The number of hydrogen-bond acceptors (Lipinski definition) is 1. The lowest BCUT2D eigenvalue weighted by atomic mass is 10.1. The van der Waals surface area contributed by atoms with Gasteiger partial charge in [-0.15, -0.1) is 0 Å². The van der Waals surface area contributed by atoms with Gasteiger partial charge in [-0.1, -0.05) is 70.9 Å². The van der Waals surface area contributed by atoms with Crippen LogP contribution >= 0.6 is 0 Å². The Morgan fingerprint density at radius 3 is 2.05 bits per heavy atom. The summed E-state index contributed by atoms with van der Waals surface area (Å²) in [6.07, 6.45) is 13.0. The van der Waals surface area contributed by atoms with Gasteiger partial charge < -0.3 is 5.32 Å². The fourth-order valence-electron chi connectivity index (χ4n) is 2.62. The zero-order chi connectivity index (χ0) is 16.0. The summed E-state index contributed by atoms with van der Waals surface area (Å²) in [4.78, 5) is 11.8. The summed E-state index contributed by atoms with van der Waals surface area (Å²) in [5.74, 6) is 0.142. The molecule has 0 saturated carbocycles. The van der Waals surface area contributed by atoms with Gasteiger partial charge in [0, 0.05) is 12.1 Å². The largest absolute Gasteiger partial charge is 0.326 e. The quantitative estimate of drug-likeness (QED) is 0.464. The second-order valence-electron chi connectivity index (χ2n) is 6.22. The van der Waals surface area contributed by atoms with E-state index in [1.54, 1.807) is 0 Å². The molecule has 0 spiro atoms. The fourth-order valence-corrected chi connectivity index (χ4v) is 2.62. The first-order valence-electron chi connectivity index (χ1n) is 9.15. The third kappa shape index (κ3) is 8.86. The summed E-state index contributed by atoms with van der Waals surface area (Å²) in [6, 6.07) is 8.36. The van der Waals surface area contributed by atoms with Crippen LogP contribution in [0.25, 0.3) is 0 Å². The predicted octanol–water partition coefficient (Wildman–Crippen LogP) is 6.11. The van der Waals surface area contributed by atoms with E-state index in [0.717, 1.165) is 24.9 Å². The molecule has 1 amide bonds. The Morgan fingerprint density at radius 1 is 0.818 bits per heavy atom. The Balaban J connectivity index is 2.22. The molecule has 1 aromatic rings. The molecule has 0 radical (unpaired) electrons. The van der Waals surface area contributed by atoms with E-state index in [1.807, 2.05) is 12.1 Å². The van der Waals surface area contributed by atoms with Crippen molar-refractivity contribution in [2.75, 3.05) is 5.32 Å². The third-order valence-corrected chi connectivity index (χ3v) is 4.06. The molecule has 0 unspecified atom stereocenters. The van der Waals surface area contributed by atoms with Crippen LogP contribution in [0.15, 0.2) is 24.3 Å². The predicted molar refractivity (Wildman–Crippen MR) is 96.3 cm³/mol. The molecule has 0 aliphatic heterocycles. The van der Waals surface area contributed by atoms with E-state index in [4.69, 9.17) is 0 Å². The average molecular weight is 303 g/mol. The van der Waals surface area contributed by atoms with Crippen molar-refractivity contribution in [3.8, 4) is 0 Å². The second-order valence-corrected chi connectivity index (χ2v) is 6.22. The smallest absolute Gasteiger partial charge is 0.224 e. The maximum atomic E-state index is 11.8. The van der Waals surface area contributed by atoms with Crippen LogP contribution in [0.3, 0.4) is 0 Å². The number of unbranched alkanes of at least 4 members (excludes halogenated alkanes) is 7. The Morgan fingerprint density at radius 2 is 1.41 bits per heavy atom. The molecule has 22 heavy (non-hydrogen) atoms. The summed E-state index contributed by atoms with van der Waals surface area (Å²) in [6.45, 7) is 4.43. The topological polar surface area (TPSA) is 29.1 Å². The number of aryl methyl sites for hydroxylation is 1. The highest BCUT2D eigenvalue weighted by Gasteiger charge is 2.02. The van der Waals surface area contributed by atoms with Gasteiger partial charge in [-0.3, -0.25) is 4.79 Å². The van der Waals surface area contributed by atoms with Crippen LogP contribution < -0.4 is 5.32 Å². The van der Waals surface area contributed by atoms with Gasteiger partial charge in [-0.25, -0.2) is 0 Å². The lowest BCUT2D eigenvalue weighted by Crippen LogP contribution is -2.10. The fraction of sp³-hybridized carbons (Fsp3) is 0.650. The van der Waals surface area contributed by atoms with Crippen molar-refractivity contribution >= 4 is 11.6 Å². The van der Waals surface area contributed by atoms with Crippen LogP contribution in [-0.4, -0.2) is 5.91 Å². The Kier molecular flexibility index (Phi) is 10.4. The Hall–Kier alpha value is -1.31. The van der Waals surface area contributed by atoms with Crippen LogP contribution in [-0.2, 0) is 11.2 Å². The molecule has 2 heteroatoms. The maximum absolute atomic E-state index is 11.8. The monoisotopic (exact) mass is 303 g/mol. The number of anilines is 1. The number of hydrogen-bond donors (Lipinski definition) is 1. The summed E-state index contributed by atoms with van der Waals surface area (Å²) < 4.78 is 0. The molecular weight excluding hydrogens is 270 g/mol.